The lowest BCUT2D eigenvalue weighted by atomic mass is 9.86. The van der Waals surface area contributed by atoms with E-state index in [0.29, 0.717) is 25.8 Å². The van der Waals surface area contributed by atoms with Gasteiger partial charge in [-0.1, -0.05) is 124 Å². The second kappa shape index (κ2) is 13.8. The SMILES string of the molecule is Cc1ccc(CN(C(=O)CCc2ccc(C(C)(C)C)cc2)C(Cc2ccccc2)C(=O)NC2CCCCC2)cc1. The molecule has 2 amide bonds. The molecular formula is C36H46N2O2. The van der Waals surface area contributed by atoms with Crippen LogP contribution in [0.15, 0.2) is 78.9 Å². The molecule has 40 heavy (non-hydrogen) atoms. The molecule has 4 heteroatoms. The molecule has 4 rings (SSSR count). The van der Waals surface area contributed by atoms with Gasteiger partial charge in [-0.2, -0.15) is 0 Å². The lowest BCUT2D eigenvalue weighted by Gasteiger charge is -2.33. The van der Waals surface area contributed by atoms with Crippen molar-refractivity contribution in [1.82, 2.24) is 10.2 Å². The van der Waals surface area contributed by atoms with Crippen LogP contribution in [0.4, 0.5) is 0 Å². The number of benzene rings is 3. The topological polar surface area (TPSA) is 49.4 Å². The number of rotatable bonds is 10. The van der Waals surface area contributed by atoms with Crippen molar-refractivity contribution in [2.24, 2.45) is 0 Å². The smallest absolute Gasteiger partial charge is 0.243 e. The van der Waals surface area contributed by atoms with Crippen LogP contribution in [0, 0.1) is 6.92 Å². The molecule has 1 aliphatic carbocycles. The Morgan fingerprint density at radius 3 is 2.08 bits per heavy atom. The molecule has 0 spiro atoms. The third-order valence-corrected chi connectivity index (χ3v) is 8.14. The molecule has 1 saturated carbocycles. The highest BCUT2D eigenvalue weighted by Crippen LogP contribution is 2.24. The normalized spacial score (nSPS) is 14.9. The minimum atomic E-state index is -0.568. The van der Waals surface area contributed by atoms with Crippen molar-refractivity contribution in [2.45, 2.75) is 103 Å². The Morgan fingerprint density at radius 1 is 0.825 bits per heavy atom. The van der Waals surface area contributed by atoms with Crippen molar-refractivity contribution in [2.75, 3.05) is 0 Å². The molecule has 1 N–H and O–H groups in total. The van der Waals surface area contributed by atoms with Crippen LogP contribution in [0.2, 0.25) is 0 Å². The van der Waals surface area contributed by atoms with Crippen molar-refractivity contribution in [3.05, 3.63) is 107 Å². The molecule has 1 unspecified atom stereocenters. The molecule has 0 bridgehead atoms. The molecule has 0 saturated heterocycles. The van der Waals surface area contributed by atoms with Crippen molar-refractivity contribution in [1.29, 1.82) is 0 Å². The molecule has 3 aromatic carbocycles. The van der Waals surface area contributed by atoms with E-state index >= 15 is 0 Å². The highest BCUT2D eigenvalue weighted by molar-refractivity contribution is 5.88. The number of aryl methyl sites for hydroxylation is 2. The van der Waals surface area contributed by atoms with E-state index in [9.17, 15) is 9.59 Å². The number of nitrogens with one attached hydrogen (secondary N) is 1. The Bertz CT molecular complexity index is 1220. The second-order valence-electron chi connectivity index (χ2n) is 12.5. The zero-order chi connectivity index (χ0) is 28.5. The fourth-order valence-corrected chi connectivity index (χ4v) is 5.55. The molecular weight excluding hydrogens is 492 g/mol. The predicted octanol–water partition coefficient (Wildman–Crippen LogP) is 7.31. The van der Waals surface area contributed by atoms with E-state index < -0.39 is 6.04 Å². The Hall–Kier alpha value is -3.40. The van der Waals surface area contributed by atoms with Crippen molar-refractivity contribution in [3.8, 4) is 0 Å². The van der Waals surface area contributed by atoms with Gasteiger partial charge in [0.15, 0.2) is 0 Å². The summed E-state index contributed by atoms with van der Waals surface area (Å²) in [6.45, 7) is 9.10. The summed E-state index contributed by atoms with van der Waals surface area (Å²) in [5.74, 6) is -0.0223. The summed E-state index contributed by atoms with van der Waals surface area (Å²) >= 11 is 0. The van der Waals surface area contributed by atoms with Crippen LogP contribution in [0.25, 0.3) is 0 Å². The zero-order valence-electron chi connectivity index (χ0n) is 24.8. The average molecular weight is 539 g/mol. The maximum atomic E-state index is 14.0. The summed E-state index contributed by atoms with van der Waals surface area (Å²) in [7, 11) is 0. The van der Waals surface area contributed by atoms with Gasteiger partial charge >= 0.3 is 0 Å². The highest BCUT2D eigenvalue weighted by atomic mass is 16.2. The molecule has 0 heterocycles. The molecule has 0 aliphatic heterocycles. The van der Waals surface area contributed by atoms with E-state index in [1.165, 1.54) is 17.5 Å². The Balaban J connectivity index is 1.58. The first-order chi connectivity index (χ1) is 19.2. The first-order valence-electron chi connectivity index (χ1n) is 15.0. The van der Waals surface area contributed by atoms with Gasteiger partial charge in [0.25, 0.3) is 0 Å². The van der Waals surface area contributed by atoms with Gasteiger partial charge in [0.05, 0.1) is 0 Å². The monoisotopic (exact) mass is 538 g/mol. The minimum Gasteiger partial charge on any atom is -0.352 e. The largest absolute Gasteiger partial charge is 0.352 e. The first kappa shape index (κ1) is 29.6. The quantitative estimate of drug-likeness (QED) is 0.294. The van der Waals surface area contributed by atoms with Gasteiger partial charge in [-0.25, -0.2) is 0 Å². The molecule has 1 fully saturated rings. The summed E-state index contributed by atoms with van der Waals surface area (Å²) in [5.41, 5.74) is 5.79. The van der Waals surface area contributed by atoms with Gasteiger partial charge in [0.1, 0.15) is 6.04 Å². The number of hydrogen-bond acceptors (Lipinski definition) is 2. The fourth-order valence-electron chi connectivity index (χ4n) is 5.55. The van der Waals surface area contributed by atoms with Crippen LogP contribution in [0.3, 0.4) is 0 Å². The van der Waals surface area contributed by atoms with E-state index in [1.54, 1.807) is 0 Å². The summed E-state index contributed by atoms with van der Waals surface area (Å²) in [6, 6.07) is 26.6. The molecule has 3 aromatic rings. The number of amides is 2. The van der Waals surface area contributed by atoms with Gasteiger partial charge in [-0.15, -0.1) is 0 Å². The number of carbonyl (C=O) groups excluding carboxylic acids is 2. The molecule has 0 aromatic heterocycles. The Morgan fingerprint density at radius 2 is 1.45 bits per heavy atom. The summed E-state index contributed by atoms with van der Waals surface area (Å²) in [5, 5.41) is 3.33. The lowest BCUT2D eigenvalue weighted by Crippen LogP contribution is -2.52. The number of hydrogen-bond donors (Lipinski definition) is 1. The van der Waals surface area contributed by atoms with Crippen LogP contribution in [-0.4, -0.2) is 28.8 Å². The predicted molar refractivity (Wildman–Crippen MR) is 164 cm³/mol. The van der Waals surface area contributed by atoms with Crippen LogP contribution in [0.5, 0.6) is 0 Å². The standard InChI is InChI=1S/C36H46N2O2/c1-27-15-17-30(18-16-27)26-38(34(39)24-21-28-19-22-31(23-20-28)36(2,3)4)33(25-29-11-7-5-8-12-29)35(40)37-32-13-9-6-10-14-32/h5,7-8,11-12,15-20,22-23,32-33H,6,9-10,13-14,21,24-26H2,1-4H3,(H,37,40). The van der Waals surface area contributed by atoms with Crippen molar-refractivity contribution >= 4 is 11.8 Å². The number of carbonyl (C=O) groups is 2. The molecule has 1 atom stereocenters. The third kappa shape index (κ3) is 8.55. The van der Waals surface area contributed by atoms with Crippen molar-refractivity contribution < 1.29 is 9.59 Å². The van der Waals surface area contributed by atoms with E-state index in [1.807, 2.05) is 35.2 Å². The molecule has 0 radical (unpaired) electrons. The maximum absolute atomic E-state index is 14.0. The van der Waals surface area contributed by atoms with Gasteiger partial charge in [0.2, 0.25) is 11.8 Å². The second-order valence-corrected chi connectivity index (χ2v) is 12.5. The Kier molecular flexibility index (Phi) is 10.2. The lowest BCUT2D eigenvalue weighted by molar-refractivity contribution is -0.141. The molecule has 212 valence electrons. The minimum absolute atomic E-state index is 0.0141. The third-order valence-electron chi connectivity index (χ3n) is 8.14. The number of nitrogens with zero attached hydrogens (tertiary/aromatic N) is 1. The van der Waals surface area contributed by atoms with Gasteiger partial charge in [0, 0.05) is 25.4 Å². The fraction of sp³-hybridized carbons (Fsp3) is 0.444. The van der Waals surface area contributed by atoms with E-state index in [0.717, 1.165) is 42.4 Å². The van der Waals surface area contributed by atoms with Crippen LogP contribution in [0.1, 0.15) is 87.1 Å². The summed E-state index contributed by atoms with van der Waals surface area (Å²) < 4.78 is 0. The summed E-state index contributed by atoms with van der Waals surface area (Å²) in [6.07, 6.45) is 7.06. The highest BCUT2D eigenvalue weighted by Gasteiger charge is 2.31. The average Bonchev–Trinajstić information content (AvgIpc) is 2.95. The van der Waals surface area contributed by atoms with E-state index in [-0.39, 0.29) is 23.3 Å². The summed E-state index contributed by atoms with van der Waals surface area (Å²) in [4.78, 5) is 29.7. The maximum Gasteiger partial charge on any atom is 0.243 e. The van der Waals surface area contributed by atoms with Crippen LogP contribution < -0.4 is 5.32 Å². The zero-order valence-corrected chi connectivity index (χ0v) is 24.8. The molecule has 4 nitrogen and oxygen atoms in total. The van der Waals surface area contributed by atoms with Crippen molar-refractivity contribution in [3.63, 3.8) is 0 Å². The van der Waals surface area contributed by atoms with Crippen LogP contribution in [-0.2, 0) is 34.4 Å². The van der Waals surface area contributed by atoms with Gasteiger partial charge in [-0.05, 0) is 53.9 Å². The van der Waals surface area contributed by atoms with Gasteiger partial charge < -0.3 is 10.2 Å². The van der Waals surface area contributed by atoms with E-state index in [2.05, 4.69) is 81.5 Å². The van der Waals surface area contributed by atoms with Crippen LogP contribution >= 0.6 is 0 Å². The first-order valence-corrected chi connectivity index (χ1v) is 15.0. The van der Waals surface area contributed by atoms with Gasteiger partial charge in [-0.3, -0.25) is 9.59 Å². The van der Waals surface area contributed by atoms with E-state index in [4.69, 9.17) is 0 Å². The molecule has 1 aliphatic rings. The Labute approximate surface area is 241 Å².